The zero-order chi connectivity index (χ0) is 20.1. The van der Waals surface area contributed by atoms with Gasteiger partial charge >= 0.3 is 0 Å². The highest BCUT2D eigenvalue weighted by Gasteiger charge is 2.26. The molecule has 0 aromatic heterocycles. The third-order valence-electron chi connectivity index (χ3n) is 4.40. The number of nitrogens with one attached hydrogen (secondary N) is 1. The molecule has 28 heavy (non-hydrogen) atoms. The van der Waals surface area contributed by atoms with Gasteiger partial charge in [-0.3, -0.25) is 4.79 Å². The number of para-hydroxylation sites is 1. The molecule has 0 unspecified atom stereocenters. The van der Waals surface area contributed by atoms with E-state index in [1.165, 1.54) is 4.31 Å². The summed E-state index contributed by atoms with van der Waals surface area (Å²) in [6.45, 7) is 1.52. The maximum absolute atomic E-state index is 12.6. The van der Waals surface area contributed by atoms with Crippen LogP contribution in [0.25, 0.3) is 0 Å². The summed E-state index contributed by atoms with van der Waals surface area (Å²) in [5.74, 6) is -0.222. The SMILES string of the molecule is O=C(CCc1ccc(S(=O)(=O)N2CCOCC2)cc1)Nc1c(Cl)cccc1Cl. The van der Waals surface area contributed by atoms with Gasteiger partial charge in [-0.15, -0.1) is 0 Å². The van der Waals surface area contributed by atoms with Crippen molar-refractivity contribution in [1.82, 2.24) is 4.31 Å². The van der Waals surface area contributed by atoms with Gasteiger partial charge in [0.15, 0.2) is 0 Å². The van der Waals surface area contributed by atoms with E-state index >= 15 is 0 Å². The zero-order valence-electron chi connectivity index (χ0n) is 15.0. The van der Waals surface area contributed by atoms with E-state index in [0.29, 0.717) is 48.5 Å². The third-order valence-corrected chi connectivity index (χ3v) is 6.94. The normalized spacial score (nSPS) is 15.4. The summed E-state index contributed by atoms with van der Waals surface area (Å²) in [6.07, 6.45) is 0.683. The third kappa shape index (κ3) is 5.04. The van der Waals surface area contributed by atoms with Crippen LogP contribution in [0.2, 0.25) is 10.0 Å². The molecule has 0 spiro atoms. The van der Waals surface area contributed by atoms with Crippen molar-refractivity contribution >= 4 is 44.8 Å². The number of amides is 1. The van der Waals surface area contributed by atoms with E-state index in [4.69, 9.17) is 27.9 Å². The molecule has 2 aromatic carbocycles. The van der Waals surface area contributed by atoms with Crippen LogP contribution in [0.4, 0.5) is 5.69 Å². The molecule has 0 saturated carbocycles. The van der Waals surface area contributed by atoms with Crippen molar-refractivity contribution in [3.63, 3.8) is 0 Å². The molecule has 0 bridgehead atoms. The standard InChI is InChI=1S/C19H20Cl2N2O4S/c20-16-2-1-3-17(21)19(16)22-18(24)9-6-14-4-7-15(8-5-14)28(25,26)23-10-12-27-13-11-23/h1-5,7-8H,6,9-13H2,(H,22,24). The molecular weight excluding hydrogens is 423 g/mol. The molecule has 0 atom stereocenters. The van der Waals surface area contributed by atoms with Crippen LogP contribution in [0.5, 0.6) is 0 Å². The quantitative estimate of drug-likeness (QED) is 0.741. The average molecular weight is 443 g/mol. The highest BCUT2D eigenvalue weighted by Crippen LogP contribution is 2.30. The minimum atomic E-state index is -3.52. The first kappa shape index (κ1) is 21.1. The number of carbonyl (C=O) groups is 1. The highest BCUT2D eigenvalue weighted by atomic mass is 35.5. The first-order valence-electron chi connectivity index (χ1n) is 8.78. The Labute approximate surface area is 174 Å². The fourth-order valence-electron chi connectivity index (χ4n) is 2.84. The van der Waals surface area contributed by atoms with Gasteiger partial charge in [-0.05, 0) is 36.2 Å². The molecule has 1 aliphatic heterocycles. The van der Waals surface area contributed by atoms with Crippen molar-refractivity contribution in [3.05, 3.63) is 58.1 Å². The van der Waals surface area contributed by atoms with Crippen LogP contribution < -0.4 is 5.32 Å². The number of nitrogens with zero attached hydrogens (tertiary/aromatic N) is 1. The summed E-state index contributed by atoms with van der Waals surface area (Å²) < 4.78 is 31.8. The molecule has 1 amide bonds. The number of morpholine rings is 1. The van der Waals surface area contributed by atoms with Crippen molar-refractivity contribution in [2.75, 3.05) is 31.6 Å². The van der Waals surface area contributed by atoms with E-state index in [1.807, 2.05) is 0 Å². The lowest BCUT2D eigenvalue weighted by Gasteiger charge is -2.26. The number of sulfonamides is 1. The maximum atomic E-state index is 12.6. The second-order valence-electron chi connectivity index (χ2n) is 6.31. The number of hydrogen-bond donors (Lipinski definition) is 1. The Morgan fingerprint density at radius 3 is 2.25 bits per heavy atom. The minimum Gasteiger partial charge on any atom is -0.379 e. The van der Waals surface area contributed by atoms with Crippen LogP contribution in [-0.2, 0) is 26.0 Å². The molecule has 1 saturated heterocycles. The molecule has 150 valence electrons. The number of halogens is 2. The molecule has 1 aliphatic rings. The molecular formula is C19H20Cl2N2O4S. The predicted molar refractivity (Wildman–Crippen MR) is 109 cm³/mol. The molecule has 1 fully saturated rings. The van der Waals surface area contributed by atoms with Crippen LogP contribution in [0.3, 0.4) is 0 Å². The number of carbonyl (C=O) groups excluding carboxylic acids is 1. The Kier molecular flexibility index (Phi) is 6.95. The zero-order valence-corrected chi connectivity index (χ0v) is 17.4. The summed E-state index contributed by atoms with van der Waals surface area (Å²) in [7, 11) is -3.52. The number of aryl methyl sites for hydroxylation is 1. The highest BCUT2D eigenvalue weighted by molar-refractivity contribution is 7.89. The lowest BCUT2D eigenvalue weighted by molar-refractivity contribution is -0.116. The van der Waals surface area contributed by atoms with Gasteiger partial charge in [0.25, 0.3) is 0 Å². The van der Waals surface area contributed by atoms with Crippen LogP contribution in [0, 0.1) is 0 Å². The molecule has 3 rings (SSSR count). The molecule has 1 heterocycles. The van der Waals surface area contributed by atoms with E-state index in [9.17, 15) is 13.2 Å². The molecule has 0 aliphatic carbocycles. The smallest absolute Gasteiger partial charge is 0.243 e. The Balaban J connectivity index is 1.59. The maximum Gasteiger partial charge on any atom is 0.243 e. The van der Waals surface area contributed by atoms with Gasteiger partial charge in [0.1, 0.15) is 0 Å². The number of rotatable bonds is 6. The van der Waals surface area contributed by atoms with Crippen molar-refractivity contribution < 1.29 is 17.9 Å². The van der Waals surface area contributed by atoms with Crippen molar-refractivity contribution in [3.8, 4) is 0 Å². The van der Waals surface area contributed by atoms with Gasteiger partial charge in [-0.25, -0.2) is 8.42 Å². The van der Waals surface area contributed by atoms with Crippen LogP contribution in [0.1, 0.15) is 12.0 Å². The van der Waals surface area contributed by atoms with Gasteiger partial charge in [0, 0.05) is 19.5 Å². The monoisotopic (exact) mass is 442 g/mol. The van der Waals surface area contributed by atoms with E-state index in [2.05, 4.69) is 5.32 Å². The molecule has 2 aromatic rings. The number of benzene rings is 2. The van der Waals surface area contributed by atoms with Crippen molar-refractivity contribution in [2.45, 2.75) is 17.7 Å². The van der Waals surface area contributed by atoms with E-state index in [1.54, 1.807) is 42.5 Å². The number of anilines is 1. The largest absolute Gasteiger partial charge is 0.379 e. The lowest BCUT2D eigenvalue weighted by atomic mass is 10.1. The number of hydrogen-bond acceptors (Lipinski definition) is 4. The Morgan fingerprint density at radius 1 is 1.04 bits per heavy atom. The molecule has 9 heteroatoms. The predicted octanol–water partition coefficient (Wildman–Crippen LogP) is 3.59. The topological polar surface area (TPSA) is 75.7 Å². The first-order chi connectivity index (χ1) is 13.4. The lowest BCUT2D eigenvalue weighted by Crippen LogP contribution is -2.40. The molecule has 0 radical (unpaired) electrons. The van der Waals surface area contributed by atoms with Gasteiger partial charge in [-0.2, -0.15) is 4.31 Å². The van der Waals surface area contributed by atoms with Gasteiger partial charge < -0.3 is 10.1 Å². The number of ether oxygens (including phenoxy) is 1. The minimum absolute atomic E-state index is 0.219. The van der Waals surface area contributed by atoms with E-state index < -0.39 is 10.0 Å². The summed E-state index contributed by atoms with van der Waals surface area (Å²) in [5.41, 5.74) is 1.25. The van der Waals surface area contributed by atoms with Crippen LogP contribution in [0.15, 0.2) is 47.4 Å². The second-order valence-corrected chi connectivity index (χ2v) is 9.06. The first-order valence-corrected chi connectivity index (χ1v) is 11.0. The van der Waals surface area contributed by atoms with Crippen LogP contribution in [-0.4, -0.2) is 44.9 Å². The molecule has 6 nitrogen and oxygen atoms in total. The van der Waals surface area contributed by atoms with E-state index in [-0.39, 0.29) is 17.2 Å². The Morgan fingerprint density at radius 2 is 1.64 bits per heavy atom. The summed E-state index contributed by atoms with van der Waals surface area (Å²) >= 11 is 12.1. The van der Waals surface area contributed by atoms with Gasteiger partial charge in [-0.1, -0.05) is 41.4 Å². The van der Waals surface area contributed by atoms with Crippen molar-refractivity contribution in [1.29, 1.82) is 0 Å². The Hall–Kier alpha value is -1.64. The fraction of sp³-hybridized carbons (Fsp3) is 0.316. The fourth-order valence-corrected chi connectivity index (χ4v) is 4.74. The van der Waals surface area contributed by atoms with E-state index in [0.717, 1.165) is 5.56 Å². The van der Waals surface area contributed by atoms with Crippen molar-refractivity contribution in [2.24, 2.45) is 0 Å². The van der Waals surface area contributed by atoms with Gasteiger partial charge in [0.05, 0.1) is 33.8 Å². The summed E-state index contributed by atoms with van der Waals surface area (Å²) in [6, 6.07) is 11.6. The second kappa shape index (κ2) is 9.24. The van der Waals surface area contributed by atoms with Crippen LogP contribution >= 0.6 is 23.2 Å². The average Bonchev–Trinajstić information content (AvgIpc) is 2.70. The summed E-state index contributed by atoms with van der Waals surface area (Å²) in [5, 5.41) is 3.46. The summed E-state index contributed by atoms with van der Waals surface area (Å²) in [4.78, 5) is 12.4. The Bertz CT molecular complexity index is 923. The van der Waals surface area contributed by atoms with Gasteiger partial charge in [0.2, 0.25) is 15.9 Å². The molecule has 1 N–H and O–H groups in total.